The van der Waals surface area contributed by atoms with Gasteiger partial charge in [-0.25, -0.2) is 0 Å². The summed E-state index contributed by atoms with van der Waals surface area (Å²) in [6.45, 7) is 2.38. The van der Waals surface area contributed by atoms with Crippen molar-refractivity contribution >= 4 is 35.0 Å². The van der Waals surface area contributed by atoms with Crippen LogP contribution in [-0.4, -0.2) is 42.5 Å². The number of nitrogens with one attached hydrogen (secondary N) is 1. The average molecular weight is 507 g/mol. The third-order valence-electron chi connectivity index (χ3n) is 6.09. The molecule has 0 spiro atoms. The summed E-state index contributed by atoms with van der Waals surface area (Å²) in [5.41, 5.74) is 0.745. The molecule has 0 saturated heterocycles. The van der Waals surface area contributed by atoms with Crippen molar-refractivity contribution in [3.8, 4) is 11.5 Å². The van der Waals surface area contributed by atoms with Crippen LogP contribution in [-0.2, 0) is 16.1 Å². The van der Waals surface area contributed by atoms with E-state index in [1.165, 1.54) is 0 Å². The number of methoxy groups -OCH3 is 1. The first-order valence-electron chi connectivity index (χ1n) is 11.7. The second-order valence-electron chi connectivity index (χ2n) is 8.55. The number of carbonyl (C=O) groups is 2. The Bertz CT molecular complexity index is 962. The number of hydrogen-bond donors (Lipinski definition) is 1. The van der Waals surface area contributed by atoms with Crippen molar-refractivity contribution < 1.29 is 19.1 Å². The first-order chi connectivity index (χ1) is 16.4. The first kappa shape index (κ1) is 26.2. The lowest BCUT2D eigenvalue weighted by Crippen LogP contribution is -2.49. The summed E-state index contributed by atoms with van der Waals surface area (Å²) in [5.74, 6) is 1.20. The molecule has 0 aliphatic heterocycles. The summed E-state index contributed by atoms with van der Waals surface area (Å²) in [6.07, 6.45) is 4.98. The topological polar surface area (TPSA) is 67.9 Å². The van der Waals surface area contributed by atoms with Gasteiger partial charge in [0, 0.05) is 29.1 Å². The highest BCUT2D eigenvalue weighted by Gasteiger charge is 2.28. The van der Waals surface area contributed by atoms with E-state index in [-0.39, 0.29) is 30.8 Å². The van der Waals surface area contributed by atoms with Crippen molar-refractivity contribution in [3.05, 3.63) is 58.1 Å². The van der Waals surface area contributed by atoms with E-state index in [1.807, 2.05) is 24.3 Å². The molecule has 0 bridgehead atoms. The van der Waals surface area contributed by atoms with E-state index in [9.17, 15) is 9.59 Å². The lowest BCUT2D eigenvalue weighted by atomic mass is 10.1. The Hall–Kier alpha value is -2.44. The Labute approximate surface area is 211 Å². The molecule has 1 aliphatic rings. The van der Waals surface area contributed by atoms with Gasteiger partial charge in [-0.05, 0) is 68.1 Å². The molecule has 2 aromatic carbocycles. The number of ether oxygens (including phenoxy) is 2. The predicted molar refractivity (Wildman–Crippen MR) is 135 cm³/mol. The molecule has 2 aromatic rings. The van der Waals surface area contributed by atoms with E-state index in [2.05, 4.69) is 5.32 Å². The van der Waals surface area contributed by atoms with Gasteiger partial charge in [0.25, 0.3) is 0 Å². The maximum absolute atomic E-state index is 13.2. The van der Waals surface area contributed by atoms with Gasteiger partial charge in [0.05, 0.1) is 13.7 Å². The van der Waals surface area contributed by atoms with E-state index in [1.54, 1.807) is 37.1 Å². The third-order valence-corrected chi connectivity index (χ3v) is 6.67. The zero-order valence-corrected chi connectivity index (χ0v) is 21.2. The molecular weight excluding hydrogens is 475 g/mol. The molecular formula is C26H32Cl2N2O4. The Kier molecular flexibility index (Phi) is 9.90. The molecule has 1 atom stereocenters. The van der Waals surface area contributed by atoms with Crippen LogP contribution >= 0.6 is 23.2 Å². The molecule has 34 heavy (non-hydrogen) atoms. The standard InChI is InChI=1S/C26H32Cl2N2O4/c1-18(26(32)29-21-6-3-4-7-21)30(17-19-9-10-20(27)16-24(19)28)25(31)8-5-15-34-23-13-11-22(33-2)12-14-23/h9-14,16,18,21H,3-8,15,17H2,1-2H3,(H,29,32)/t18-/m1/s1. The van der Waals surface area contributed by atoms with Crippen molar-refractivity contribution in [2.45, 2.75) is 64.1 Å². The quantitative estimate of drug-likeness (QED) is 0.400. The number of hydrogen-bond acceptors (Lipinski definition) is 4. The van der Waals surface area contributed by atoms with E-state index in [0.29, 0.717) is 28.8 Å². The Morgan fingerprint density at radius 1 is 1.09 bits per heavy atom. The highest BCUT2D eigenvalue weighted by Crippen LogP contribution is 2.24. The second-order valence-corrected chi connectivity index (χ2v) is 9.39. The van der Waals surface area contributed by atoms with Gasteiger partial charge in [0.1, 0.15) is 17.5 Å². The molecule has 1 aliphatic carbocycles. The summed E-state index contributed by atoms with van der Waals surface area (Å²) in [6, 6.07) is 12.0. The lowest BCUT2D eigenvalue weighted by molar-refractivity contribution is -0.141. The summed E-state index contributed by atoms with van der Waals surface area (Å²) in [5, 5.41) is 4.09. The molecule has 0 unspecified atom stereocenters. The molecule has 2 amide bonds. The molecule has 0 radical (unpaired) electrons. The van der Waals surface area contributed by atoms with Gasteiger partial charge in [-0.3, -0.25) is 9.59 Å². The van der Waals surface area contributed by atoms with Crippen molar-refractivity contribution in [3.63, 3.8) is 0 Å². The van der Waals surface area contributed by atoms with Crippen LogP contribution in [0.3, 0.4) is 0 Å². The van der Waals surface area contributed by atoms with Crippen LogP contribution in [0, 0.1) is 0 Å². The number of carbonyl (C=O) groups excluding carboxylic acids is 2. The van der Waals surface area contributed by atoms with Crippen molar-refractivity contribution in [1.29, 1.82) is 0 Å². The minimum Gasteiger partial charge on any atom is -0.497 e. The molecule has 1 saturated carbocycles. The van der Waals surface area contributed by atoms with Crippen LogP contribution in [0.25, 0.3) is 0 Å². The van der Waals surface area contributed by atoms with Crippen molar-refractivity contribution in [1.82, 2.24) is 10.2 Å². The minimum absolute atomic E-state index is 0.126. The molecule has 8 heteroatoms. The van der Waals surface area contributed by atoms with Gasteiger partial charge >= 0.3 is 0 Å². The fourth-order valence-corrected chi connectivity index (χ4v) is 4.51. The normalized spacial score (nSPS) is 14.5. The largest absolute Gasteiger partial charge is 0.497 e. The molecule has 184 valence electrons. The zero-order valence-electron chi connectivity index (χ0n) is 19.7. The maximum Gasteiger partial charge on any atom is 0.242 e. The number of rotatable bonds is 11. The molecule has 6 nitrogen and oxygen atoms in total. The smallest absolute Gasteiger partial charge is 0.242 e. The summed E-state index contributed by atoms with van der Waals surface area (Å²) in [7, 11) is 1.61. The summed E-state index contributed by atoms with van der Waals surface area (Å²) >= 11 is 12.4. The van der Waals surface area contributed by atoms with E-state index in [4.69, 9.17) is 32.7 Å². The predicted octanol–water partition coefficient (Wildman–Crippen LogP) is 5.64. The van der Waals surface area contributed by atoms with Crippen molar-refractivity contribution in [2.24, 2.45) is 0 Å². The Balaban J connectivity index is 1.61. The average Bonchev–Trinajstić information content (AvgIpc) is 3.34. The molecule has 1 N–H and O–H groups in total. The Morgan fingerprint density at radius 2 is 1.76 bits per heavy atom. The number of benzene rings is 2. The van der Waals surface area contributed by atoms with Crippen LogP contribution in [0.5, 0.6) is 11.5 Å². The number of nitrogens with zero attached hydrogens (tertiary/aromatic N) is 1. The van der Waals surface area contributed by atoms with Crippen molar-refractivity contribution in [2.75, 3.05) is 13.7 Å². The van der Waals surface area contributed by atoms with Crippen LogP contribution < -0.4 is 14.8 Å². The second kappa shape index (κ2) is 12.9. The van der Waals surface area contributed by atoms with Gasteiger partial charge in [0.2, 0.25) is 11.8 Å². The van der Waals surface area contributed by atoms with Crippen LogP contribution in [0.4, 0.5) is 0 Å². The summed E-state index contributed by atoms with van der Waals surface area (Å²) < 4.78 is 10.9. The minimum atomic E-state index is -0.623. The molecule has 1 fully saturated rings. The van der Waals surface area contributed by atoms with Gasteiger partial charge < -0.3 is 19.7 Å². The number of halogens is 2. The maximum atomic E-state index is 13.2. The molecule has 0 heterocycles. The Morgan fingerprint density at radius 3 is 2.41 bits per heavy atom. The highest BCUT2D eigenvalue weighted by atomic mass is 35.5. The van der Waals surface area contributed by atoms with Crippen LogP contribution in [0.1, 0.15) is 51.0 Å². The summed E-state index contributed by atoms with van der Waals surface area (Å²) in [4.78, 5) is 27.7. The fourth-order valence-electron chi connectivity index (χ4n) is 4.04. The van der Waals surface area contributed by atoms with Gasteiger partial charge in [-0.2, -0.15) is 0 Å². The highest BCUT2D eigenvalue weighted by molar-refractivity contribution is 6.35. The zero-order chi connectivity index (χ0) is 24.5. The number of amides is 2. The lowest BCUT2D eigenvalue weighted by Gasteiger charge is -2.30. The van der Waals surface area contributed by atoms with Crippen LogP contribution in [0.2, 0.25) is 10.0 Å². The van der Waals surface area contributed by atoms with Crippen LogP contribution in [0.15, 0.2) is 42.5 Å². The molecule has 3 rings (SSSR count). The van der Waals surface area contributed by atoms with E-state index >= 15 is 0 Å². The molecule has 0 aromatic heterocycles. The van der Waals surface area contributed by atoms with E-state index in [0.717, 1.165) is 37.0 Å². The van der Waals surface area contributed by atoms with E-state index < -0.39 is 6.04 Å². The third kappa shape index (κ3) is 7.54. The van der Waals surface area contributed by atoms with Gasteiger partial charge in [-0.1, -0.05) is 42.1 Å². The van der Waals surface area contributed by atoms with Gasteiger partial charge in [-0.15, -0.1) is 0 Å². The first-order valence-corrected chi connectivity index (χ1v) is 12.4. The SMILES string of the molecule is COc1ccc(OCCCC(=O)N(Cc2ccc(Cl)cc2Cl)[C@H](C)C(=O)NC2CCCC2)cc1. The fraction of sp³-hybridized carbons (Fsp3) is 0.462. The monoisotopic (exact) mass is 506 g/mol. The van der Waals surface area contributed by atoms with Gasteiger partial charge in [0.15, 0.2) is 0 Å².